The molecule has 23 heavy (non-hydrogen) atoms. The van der Waals surface area contributed by atoms with Gasteiger partial charge in [-0.3, -0.25) is 4.99 Å². The van der Waals surface area contributed by atoms with E-state index in [0.29, 0.717) is 0 Å². The van der Waals surface area contributed by atoms with Crippen molar-refractivity contribution in [3.63, 3.8) is 0 Å². The number of nitrogens with one attached hydrogen (secondary N) is 1. The summed E-state index contributed by atoms with van der Waals surface area (Å²) in [5.74, 6) is 2.14. The molecular formula is C16H29IN4S2. The van der Waals surface area contributed by atoms with Crippen molar-refractivity contribution in [3.05, 3.63) is 16.1 Å². The van der Waals surface area contributed by atoms with E-state index >= 15 is 0 Å². The number of thiazole rings is 1. The number of rotatable bonds is 2. The van der Waals surface area contributed by atoms with Gasteiger partial charge in [-0.2, -0.15) is 11.8 Å². The lowest BCUT2D eigenvalue weighted by atomic mass is 9.98. The molecule has 0 radical (unpaired) electrons. The first-order chi connectivity index (χ1) is 10.2. The Morgan fingerprint density at radius 3 is 2.65 bits per heavy atom. The van der Waals surface area contributed by atoms with Gasteiger partial charge in [0.15, 0.2) is 5.96 Å². The third-order valence-corrected chi connectivity index (χ3v) is 6.17. The van der Waals surface area contributed by atoms with E-state index in [4.69, 9.17) is 4.98 Å². The molecule has 1 saturated heterocycles. The minimum Gasteiger partial charge on any atom is -0.351 e. The first-order valence-electron chi connectivity index (χ1n) is 7.76. The summed E-state index contributed by atoms with van der Waals surface area (Å²) in [5, 5.41) is 6.81. The van der Waals surface area contributed by atoms with Gasteiger partial charge in [-0.1, -0.05) is 20.8 Å². The van der Waals surface area contributed by atoms with Crippen molar-refractivity contribution in [2.24, 2.45) is 4.99 Å². The van der Waals surface area contributed by atoms with Crippen LogP contribution < -0.4 is 5.32 Å². The van der Waals surface area contributed by atoms with Crippen molar-refractivity contribution in [2.75, 3.05) is 25.9 Å². The lowest BCUT2D eigenvalue weighted by molar-refractivity contribution is 0.375. The molecule has 0 aromatic carbocycles. The van der Waals surface area contributed by atoms with Gasteiger partial charge in [-0.25, -0.2) is 4.98 Å². The average Bonchev–Trinajstić information content (AvgIpc) is 2.87. The zero-order valence-corrected chi connectivity index (χ0v) is 18.9. The van der Waals surface area contributed by atoms with E-state index in [0.717, 1.165) is 37.0 Å². The average molecular weight is 468 g/mol. The van der Waals surface area contributed by atoms with E-state index in [2.05, 4.69) is 55.2 Å². The smallest absolute Gasteiger partial charge is 0.194 e. The summed E-state index contributed by atoms with van der Waals surface area (Å²) in [6.07, 6.45) is 0. The van der Waals surface area contributed by atoms with Crippen LogP contribution in [0.25, 0.3) is 0 Å². The van der Waals surface area contributed by atoms with Crippen LogP contribution in [0.2, 0.25) is 0 Å². The Balaban J connectivity index is 0.00000264. The minimum atomic E-state index is 0. The highest BCUT2D eigenvalue weighted by Crippen LogP contribution is 2.29. The molecule has 0 spiro atoms. The largest absolute Gasteiger partial charge is 0.351 e. The molecule has 1 aliphatic rings. The fourth-order valence-corrected chi connectivity index (χ4v) is 4.45. The number of halogens is 1. The van der Waals surface area contributed by atoms with Gasteiger partial charge >= 0.3 is 0 Å². The monoisotopic (exact) mass is 468 g/mol. The first kappa shape index (κ1) is 21.0. The van der Waals surface area contributed by atoms with Crippen LogP contribution in [0.3, 0.4) is 0 Å². The van der Waals surface area contributed by atoms with Crippen LogP contribution >= 0.6 is 47.1 Å². The molecule has 132 valence electrons. The maximum atomic E-state index is 4.74. The Bertz CT molecular complexity index is 534. The topological polar surface area (TPSA) is 40.5 Å². The molecule has 0 bridgehead atoms. The quantitative estimate of drug-likeness (QED) is 0.405. The molecule has 1 N–H and O–H groups in total. The lowest BCUT2D eigenvalue weighted by Gasteiger charge is -2.39. The Morgan fingerprint density at radius 1 is 1.43 bits per heavy atom. The number of hydrogen-bond acceptors (Lipinski definition) is 4. The van der Waals surface area contributed by atoms with Crippen molar-refractivity contribution in [1.29, 1.82) is 0 Å². The Morgan fingerprint density at radius 2 is 2.13 bits per heavy atom. The van der Waals surface area contributed by atoms with Gasteiger partial charge in [0.1, 0.15) is 0 Å². The highest BCUT2D eigenvalue weighted by atomic mass is 127. The molecule has 1 fully saturated rings. The number of thioether (sulfide) groups is 1. The molecule has 2 heterocycles. The lowest BCUT2D eigenvalue weighted by Crippen LogP contribution is -2.50. The molecule has 0 unspecified atom stereocenters. The van der Waals surface area contributed by atoms with Gasteiger partial charge in [0.25, 0.3) is 0 Å². The summed E-state index contributed by atoms with van der Waals surface area (Å²) in [4.78, 5) is 11.5. The standard InChI is InChI=1S/C16H28N4S2.HI/c1-15(2,3)13-19-12(10-21-13)9-18-14(17-6)20-7-8-22-16(4,5)11-20;/h10H,7-9,11H2,1-6H3,(H,17,18);1H. The van der Waals surface area contributed by atoms with E-state index in [9.17, 15) is 0 Å². The summed E-state index contributed by atoms with van der Waals surface area (Å²) in [6, 6.07) is 0. The summed E-state index contributed by atoms with van der Waals surface area (Å²) >= 11 is 3.78. The van der Waals surface area contributed by atoms with Crippen LogP contribution in [-0.4, -0.2) is 46.5 Å². The van der Waals surface area contributed by atoms with Crippen LogP contribution in [0.4, 0.5) is 0 Å². The van der Waals surface area contributed by atoms with Gasteiger partial charge in [0.2, 0.25) is 0 Å². The normalized spacial score (nSPS) is 18.5. The molecule has 1 aromatic rings. The van der Waals surface area contributed by atoms with E-state index in [1.54, 1.807) is 11.3 Å². The van der Waals surface area contributed by atoms with E-state index in [1.807, 2.05) is 18.8 Å². The SMILES string of the molecule is CN=C(NCc1csc(C(C)(C)C)n1)N1CCSC(C)(C)C1.I. The van der Waals surface area contributed by atoms with Crippen molar-refractivity contribution >= 4 is 53.0 Å². The second kappa shape index (κ2) is 8.38. The molecule has 4 nitrogen and oxygen atoms in total. The van der Waals surface area contributed by atoms with Crippen LogP contribution in [-0.2, 0) is 12.0 Å². The fourth-order valence-electron chi connectivity index (χ4n) is 2.43. The van der Waals surface area contributed by atoms with Gasteiger partial charge in [0, 0.05) is 41.4 Å². The zero-order chi connectivity index (χ0) is 16.4. The maximum Gasteiger partial charge on any atom is 0.194 e. The summed E-state index contributed by atoms with van der Waals surface area (Å²) in [5.41, 5.74) is 1.22. The number of nitrogens with zero attached hydrogens (tertiary/aromatic N) is 3. The molecule has 0 amide bonds. The maximum absolute atomic E-state index is 4.74. The Hall–Kier alpha value is -0.0200. The highest BCUT2D eigenvalue weighted by molar-refractivity contribution is 14.0. The number of hydrogen-bond donors (Lipinski definition) is 1. The molecular weight excluding hydrogens is 439 g/mol. The van der Waals surface area contributed by atoms with Crippen LogP contribution in [0, 0.1) is 0 Å². The van der Waals surface area contributed by atoms with Crippen molar-refractivity contribution in [3.8, 4) is 0 Å². The zero-order valence-electron chi connectivity index (χ0n) is 15.0. The molecule has 1 aromatic heterocycles. The van der Waals surface area contributed by atoms with E-state index in [-0.39, 0.29) is 34.1 Å². The van der Waals surface area contributed by atoms with E-state index in [1.165, 1.54) is 5.01 Å². The third-order valence-electron chi connectivity index (χ3n) is 3.56. The molecule has 0 atom stereocenters. The second-order valence-electron chi connectivity index (χ2n) is 7.32. The number of aromatic nitrogens is 1. The third kappa shape index (κ3) is 6.08. The number of aliphatic imine (C=N–C) groups is 1. The summed E-state index contributed by atoms with van der Waals surface area (Å²) in [7, 11) is 1.86. The van der Waals surface area contributed by atoms with Crippen LogP contribution in [0.1, 0.15) is 45.3 Å². The van der Waals surface area contributed by atoms with Gasteiger partial charge < -0.3 is 10.2 Å². The van der Waals surface area contributed by atoms with Crippen molar-refractivity contribution in [2.45, 2.75) is 51.3 Å². The van der Waals surface area contributed by atoms with Crippen LogP contribution in [0.5, 0.6) is 0 Å². The highest BCUT2D eigenvalue weighted by Gasteiger charge is 2.28. The fraction of sp³-hybridized carbons (Fsp3) is 0.750. The summed E-state index contributed by atoms with van der Waals surface area (Å²) in [6.45, 7) is 14.0. The summed E-state index contributed by atoms with van der Waals surface area (Å²) < 4.78 is 0.288. The molecule has 0 aliphatic carbocycles. The molecule has 7 heteroatoms. The molecule has 0 saturated carbocycles. The molecule has 1 aliphatic heterocycles. The Kier molecular flexibility index (Phi) is 7.66. The van der Waals surface area contributed by atoms with Crippen molar-refractivity contribution in [1.82, 2.24) is 15.2 Å². The van der Waals surface area contributed by atoms with Gasteiger partial charge in [-0.15, -0.1) is 35.3 Å². The van der Waals surface area contributed by atoms with Gasteiger partial charge in [0.05, 0.1) is 17.2 Å². The first-order valence-corrected chi connectivity index (χ1v) is 9.62. The van der Waals surface area contributed by atoms with E-state index < -0.39 is 0 Å². The second-order valence-corrected chi connectivity index (χ2v) is 9.98. The minimum absolute atomic E-state index is 0. The van der Waals surface area contributed by atoms with Crippen LogP contribution in [0.15, 0.2) is 10.4 Å². The predicted octanol–water partition coefficient (Wildman–Crippen LogP) is 3.96. The van der Waals surface area contributed by atoms with Gasteiger partial charge in [-0.05, 0) is 13.8 Å². The van der Waals surface area contributed by atoms with Crippen molar-refractivity contribution < 1.29 is 0 Å². The Labute approximate surface area is 166 Å². The molecule has 2 rings (SSSR count). The number of guanidine groups is 1. The predicted molar refractivity (Wildman–Crippen MR) is 115 cm³/mol.